The number of unbranched alkanes of at least 4 members (excludes halogenated alkanes) is 1. The van der Waals surface area contributed by atoms with Crippen molar-refractivity contribution >= 4 is 63.8 Å². The number of carbonyl (C=O) groups is 5. The number of thiazole rings is 1. The molecule has 0 aliphatic carbocycles. The lowest BCUT2D eigenvalue weighted by Crippen LogP contribution is -2.47. The summed E-state index contributed by atoms with van der Waals surface area (Å²) in [6.45, 7) is 11.3. The van der Waals surface area contributed by atoms with Crippen molar-refractivity contribution in [2.24, 2.45) is 0 Å². The monoisotopic (exact) mass is 1280 g/mol. The maximum atomic E-state index is 14.2. The van der Waals surface area contributed by atoms with E-state index in [9.17, 15) is 28.8 Å². The van der Waals surface area contributed by atoms with Gasteiger partial charge in [-0.1, -0.05) is 41.1 Å². The average molecular weight is 1280 g/mol. The number of hydrogen-bond acceptors (Lipinski definition) is 18. The predicted molar refractivity (Wildman–Crippen MR) is 345 cm³/mol. The predicted octanol–water partition coefficient (Wildman–Crippen LogP) is 5.59. The molecule has 2 aliphatic heterocycles. The summed E-state index contributed by atoms with van der Waals surface area (Å²) in [6.07, 6.45) is 8.59. The Morgan fingerprint density at radius 3 is 2.19 bits per heavy atom. The van der Waals surface area contributed by atoms with E-state index >= 15 is 0 Å². The van der Waals surface area contributed by atoms with Gasteiger partial charge in [-0.25, -0.2) is 9.67 Å². The number of nitrogens with zero attached hydrogens (tertiary/aromatic N) is 9. The number of rotatable bonds is 38. The van der Waals surface area contributed by atoms with Crippen LogP contribution in [-0.2, 0) is 70.5 Å². The maximum Gasteiger partial charge on any atom is 0.247 e. The number of likely N-dealkylation sites (tertiary alicyclic amines) is 1. The third kappa shape index (κ3) is 24.9. The highest BCUT2D eigenvalue weighted by Gasteiger charge is 2.33. The van der Waals surface area contributed by atoms with Crippen molar-refractivity contribution in [1.82, 2.24) is 54.8 Å². The number of piperazine rings is 1. The van der Waals surface area contributed by atoms with Gasteiger partial charge in [-0.2, -0.15) is 0 Å². The van der Waals surface area contributed by atoms with Crippen LogP contribution in [0.25, 0.3) is 0 Å². The third-order valence-corrected chi connectivity index (χ3v) is 16.1. The molecule has 90 heavy (non-hydrogen) atoms. The molecule has 2 fully saturated rings. The number of halogens is 1. The first-order valence-electron chi connectivity index (χ1n) is 30.6. The molecule has 4 N–H and O–H groups in total. The van der Waals surface area contributed by atoms with Gasteiger partial charge in [0.1, 0.15) is 24.1 Å². The number of carbonyl (C=O) groups excluding carboxylic acids is 5. The van der Waals surface area contributed by atoms with Crippen LogP contribution in [0.2, 0.25) is 5.02 Å². The Labute approximate surface area is 535 Å². The molecule has 26 heteroatoms. The molecule has 8 rings (SSSR count). The molecular formula is C64H86ClN13O11S. The molecule has 0 saturated carbocycles. The lowest BCUT2D eigenvalue weighted by atomic mass is 10.0. The lowest BCUT2D eigenvalue weighted by Gasteiger charge is -2.33. The highest BCUT2D eigenvalue weighted by atomic mass is 35.5. The van der Waals surface area contributed by atoms with E-state index in [4.69, 9.17) is 35.3 Å². The minimum atomic E-state index is -1.05. The van der Waals surface area contributed by atoms with E-state index < -0.39 is 11.9 Å². The summed E-state index contributed by atoms with van der Waals surface area (Å²) in [6, 6.07) is 24.5. The zero-order valence-electron chi connectivity index (χ0n) is 51.9. The number of aromatic nitrogens is 5. The largest absolute Gasteiger partial charge is 0.494 e. The van der Waals surface area contributed by atoms with E-state index in [-0.39, 0.29) is 42.8 Å². The molecule has 1 atom stereocenters. The van der Waals surface area contributed by atoms with Crippen LogP contribution in [0.1, 0.15) is 66.2 Å². The number of hydrogen-bond donors (Lipinski definition) is 4. The number of ether oxygens (including phenoxy) is 5. The number of aromatic amines is 1. The Hall–Kier alpha value is -7.78. The van der Waals surface area contributed by atoms with Gasteiger partial charge in [0.25, 0.3) is 0 Å². The van der Waals surface area contributed by atoms with Crippen molar-refractivity contribution in [3.05, 3.63) is 146 Å². The first-order chi connectivity index (χ1) is 43.8. The van der Waals surface area contributed by atoms with E-state index in [1.165, 1.54) is 28.5 Å². The smallest absolute Gasteiger partial charge is 0.247 e. The van der Waals surface area contributed by atoms with E-state index in [1.807, 2.05) is 78.8 Å². The standard InChI is InChI=1S/C53H70ClN9O9.C11H16N4O2S/c1-55-45-15-19-48(20-16-45)72-37-36-70-33-29-62-40-46(58-59-62)23-31-68-34-35-69-32-28-60(2)24-3-4-30-71-47-17-9-41(10-18-47)11-22-51(66)63(27-26-61-25-5-6-50(61)65)52(43-12-21-49(64)56-39-43)53(67)57-38-42-7-13-44(54)14-8-42;1-14-2-4-15(5-3-14)10(17)6-9-7-18-11(13-9)12-8-16/h7-10,12-21,39-40,52,55H,3-6,11,22-38H2,1-2H3,(H,56,64)(H,57,67);7-8H,2-6H2,1H3,(H,12,13,16). The minimum absolute atomic E-state index is 0.0291. The van der Waals surface area contributed by atoms with Crippen molar-refractivity contribution < 1.29 is 47.7 Å². The molecule has 5 heterocycles. The van der Waals surface area contributed by atoms with Gasteiger partial charge < -0.3 is 69.1 Å². The van der Waals surface area contributed by atoms with Gasteiger partial charge >= 0.3 is 0 Å². The number of pyridine rings is 1. The first-order valence-corrected chi connectivity index (χ1v) is 31.9. The summed E-state index contributed by atoms with van der Waals surface area (Å²) in [5.74, 6) is 1.03. The van der Waals surface area contributed by atoms with Gasteiger partial charge in [0.2, 0.25) is 35.6 Å². The average Bonchev–Trinajstić information content (AvgIpc) is 3.56. The topological polar surface area (TPSA) is 260 Å². The molecule has 2 aliphatic rings. The molecule has 0 bridgehead atoms. The van der Waals surface area contributed by atoms with Crippen LogP contribution >= 0.6 is 22.9 Å². The molecule has 0 radical (unpaired) electrons. The number of benzene rings is 3. The number of nitrogens with one attached hydrogen (secondary N) is 4. The molecule has 5 amide bonds. The summed E-state index contributed by atoms with van der Waals surface area (Å²) in [4.78, 5) is 91.4. The number of likely N-dealkylation sites (N-methyl/N-ethyl adjacent to an activating group) is 2. The number of amides is 5. The van der Waals surface area contributed by atoms with Gasteiger partial charge in [-0.3, -0.25) is 28.8 Å². The van der Waals surface area contributed by atoms with Crippen LogP contribution in [0.3, 0.4) is 0 Å². The Kier molecular flexibility index (Phi) is 30.0. The summed E-state index contributed by atoms with van der Waals surface area (Å²) < 4.78 is 30.7. The Morgan fingerprint density at radius 2 is 1.48 bits per heavy atom. The maximum absolute atomic E-state index is 14.2. The van der Waals surface area contributed by atoms with E-state index in [1.54, 1.807) is 33.2 Å². The van der Waals surface area contributed by atoms with Crippen LogP contribution in [0.15, 0.2) is 107 Å². The molecule has 3 aromatic heterocycles. The highest BCUT2D eigenvalue weighted by molar-refractivity contribution is 7.13. The fourth-order valence-electron chi connectivity index (χ4n) is 9.76. The SMILES string of the molecule is CN1CCN(C(=O)Cc2csc(NC=O)n2)CC1.CNc1ccc(OCCOCCn2cc(CCOCCOCCN(C)CCCCOc3ccc(CCC(=O)N(CCN4CCCC4=O)C(C(=O)NCc4ccc(Cl)cc4)c4ccc(=O)[nH]c4)cc3)nn2)cc1. The second-order valence-electron chi connectivity index (χ2n) is 21.8. The van der Waals surface area contributed by atoms with Crippen molar-refractivity contribution in [3.8, 4) is 11.5 Å². The molecular weight excluding hydrogens is 1190 g/mol. The quantitative estimate of drug-likeness (QED) is 0.0272. The molecule has 0 spiro atoms. The van der Waals surface area contributed by atoms with Crippen LogP contribution in [0.5, 0.6) is 11.5 Å². The number of anilines is 2. The van der Waals surface area contributed by atoms with E-state index in [0.717, 1.165) is 92.5 Å². The third-order valence-electron chi connectivity index (χ3n) is 15.0. The fraction of sp³-hybridized carbons (Fsp3) is 0.484. The van der Waals surface area contributed by atoms with E-state index in [0.29, 0.717) is 126 Å². The molecule has 486 valence electrons. The van der Waals surface area contributed by atoms with Gasteiger partial charge in [-0.15, -0.1) is 16.4 Å². The zero-order valence-corrected chi connectivity index (χ0v) is 53.4. The highest BCUT2D eigenvalue weighted by Crippen LogP contribution is 2.25. The van der Waals surface area contributed by atoms with E-state index in [2.05, 4.69) is 60.1 Å². The van der Waals surface area contributed by atoms with Crippen molar-refractivity contribution in [1.29, 1.82) is 0 Å². The number of aryl methyl sites for hydroxylation is 1. The van der Waals surface area contributed by atoms with Gasteiger partial charge in [0.05, 0.1) is 70.6 Å². The summed E-state index contributed by atoms with van der Waals surface area (Å²) in [7, 11) is 6.02. The zero-order chi connectivity index (χ0) is 63.7. The summed E-state index contributed by atoms with van der Waals surface area (Å²) in [5, 5.41) is 19.9. The van der Waals surface area contributed by atoms with Gasteiger partial charge in [0.15, 0.2) is 5.13 Å². The van der Waals surface area contributed by atoms with Crippen molar-refractivity contribution in [3.63, 3.8) is 0 Å². The summed E-state index contributed by atoms with van der Waals surface area (Å²) in [5.41, 5.74) is 4.54. The van der Waals surface area contributed by atoms with Crippen LogP contribution in [-0.4, -0.2) is 212 Å². The first kappa shape index (κ1) is 69.7. The fourth-order valence-corrected chi connectivity index (χ4v) is 10.6. The molecule has 1 unspecified atom stereocenters. The molecule has 2 saturated heterocycles. The van der Waals surface area contributed by atoms with Crippen molar-refractivity contribution in [2.75, 3.05) is 144 Å². The number of H-pyrrole nitrogens is 1. The van der Waals surface area contributed by atoms with Gasteiger partial charge in [-0.05, 0) is 112 Å². The Balaban J connectivity index is 0.000000545. The minimum Gasteiger partial charge on any atom is -0.494 e. The molecule has 24 nitrogen and oxygen atoms in total. The van der Waals surface area contributed by atoms with Crippen molar-refractivity contribution in [2.45, 2.75) is 70.5 Å². The normalized spacial score (nSPS) is 13.6. The second kappa shape index (κ2) is 38.7. The summed E-state index contributed by atoms with van der Waals surface area (Å²) >= 11 is 7.39. The van der Waals surface area contributed by atoms with Gasteiger partial charge in [0, 0.05) is 125 Å². The Bertz CT molecular complexity index is 3140. The lowest BCUT2D eigenvalue weighted by molar-refractivity contribution is -0.141. The van der Waals surface area contributed by atoms with Crippen LogP contribution in [0, 0.1) is 0 Å². The Morgan fingerprint density at radius 1 is 0.767 bits per heavy atom. The van der Waals surface area contributed by atoms with Crippen LogP contribution in [0.4, 0.5) is 10.8 Å². The molecule has 6 aromatic rings. The molecule has 3 aromatic carbocycles. The second-order valence-corrected chi connectivity index (χ2v) is 23.1. The van der Waals surface area contributed by atoms with Crippen LogP contribution < -0.4 is 31.0 Å².